The second-order valence-electron chi connectivity index (χ2n) is 4.56. The third kappa shape index (κ3) is 8.46. The molecule has 0 bridgehead atoms. The predicted octanol–water partition coefficient (Wildman–Crippen LogP) is 3.53. The summed E-state index contributed by atoms with van der Waals surface area (Å²) in [5.41, 5.74) is 0. The number of amides is 3. The topological polar surface area (TPSA) is 58.6 Å². The molecule has 0 aliphatic heterocycles. The molecule has 5 nitrogen and oxygen atoms in total. The van der Waals surface area contributed by atoms with Crippen molar-refractivity contribution < 1.29 is 14.3 Å². The van der Waals surface area contributed by atoms with Gasteiger partial charge in [0, 0.05) is 13.1 Å². The second-order valence-corrected chi connectivity index (χ2v) is 4.56. The summed E-state index contributed by atoms with van der Waals surface area (Å²) in [5.74, 6) is 0. The molecule has 1 N–H and O–H groups in total. The summed E-state index contributed by atoms with van der Waals surface area (Å²) < 4.78 is 5.10. The molecule has 0 radical (unpaired) electrons. The van der Waals surface area contributed by atoms with E-state index < -0.39 is 6.09 Å². The van der Waals surface area contributed by atoms with Crippen molar-refractivity contribution in [2.75, 3.05) is 19.7 Å². The van der Waals surface area contributed by atoms with Crippen molar-refractivity contribution in [1.29, 1.82) is 0 Å². The van der Waals surface area contributed by atoms with Gasteiger partial charge in [0.15, 0.2) is 0 Å². The monoisotopic (exact) mass is 272 g/mol. The van der Waals surface area contributed by atoms with Crippen molar-refractivity contribution in [1.82, 2.24) is 10.2 Å². The van der Waals surface area contributed by atoms with Crippen LogP contribution in [0.1, 0.15) is 59.3 Å². The van der Waals surface area contributed by atoms with Crippen LogP contribution in [0.15, 0.2) is 0 Å². The molecule has 0 aliphatic rings. The Bertz CT molecular complexity index is 235. The maximum atomic E-state index is 11.9. The summed E-state index contributed by atoms with van der Waals surface area (Å²) in [6.45, 7) is 7.50. The molecule has 0 aromatic rings. The van der Waals surface area contributed by atoms with Crippen LogP contribution in [0.4, 0.5) is 9.59 Å². The zero-order valence-electron chi connectivity index (χ0n) is 12.5. The molecule has 0 rings (SSSR count). The molecule has 0 aromatic carbocycles. The SMILES string of the molecule is CCCCNC(=O)N(CCCC)C(=O)OCCCC. The molecule has 0 atom stereocenters. The van der Waals surface area contributed by atoms with E-state index in [1.54, 1.807) is 0 Å². The van der Waals surface area contributed by atoms with Crippen LogP contribution in [-0.4, -0.2) is 36.7 Å². The van der Waals surface area contributed by atoms with Crippen LogP contribution in [0.5, 0.6) is 0 Å². The molecule has 0 fully saturated rings. The third-order valence-electron chi connectivity index (χ3n) is 2.73. The molecule has 0 aromatic heterocycles. The smallest absolute Gasteiger partial charge is 0.417 e. The quantitative estimate of drug-likeness (QED) is 0.653. The van der Waals surface area contributed by atoms with Gasteiger partial charge in [-0.2, -0.15) is 0 Å². The standard InChI is InChI=1S/C14H28N2O3/c1-4-7-10-15-13(17)16(11-8-5-2)14(18)19-12-9-6-3/h4-12H2,1-3H3,(H,15,17). The summed E-state index contributed by atoms with van der Waals surface area (Å²) in [7, 11) is 0. The van der Waals surface area contributed by atoms with Crippen molar-refractivity contribution >= 4 is 12.1 Å². The van der Waals surface area contributed by atoms with Gasteiger partial charge in [-0.3, -0.25) is 0 Å². The molecule has 0 heterocycles. The fourth-order valence-electron chi connectivity index (χ4n) is 1.44. The molecular formula is C14H28N2O3. The Morgan fingerprint density at radius 2 is 1.63 bits per heavy atom. The fourth-order valence-corrected chi connectivity index (χ4v) is 1.44. The molecule has 112 valence electrons. The number of hydrogen-bond acceptors (Lipinski definition) is 3. The van der Waals surface area contributed by atoms with E-state index in [-0.39, 0.29) is 6.03 Å². The minimum Gasteiger partial charge on any atom is -0.449 e. The lowest BCUT2D eigenvalue weighted by Crippen LogP contribution is -2.45. The minimum atomic E-state index is -0.532. The molecule has 0 aliphatic carbocycles. The average Bonchev–Trinajstić information content (AvgIpc) is 2.40. The second kappa shape index (κ2) is 11.8. The van der Waals surface area contributed by atoms with E-state index >= 15 is 0 Å². The first-order chi connectivity index (χ1) is 9.17. The van der Waals surface area contributed by atoms with E-state index in [0.717, 1.165) is 38.5 Å². The van der Waals surface area contributed by atoms with E-state index in [1.807, 2.05) is 13.8 Å². The van der Waals surface area contributed by atoms with Crippen LogP contribution in [0, 0.1) is 0 Å². The summed E-state index contributed by atoms with van der Waals surface area (Å²) in [5, 5.41) is 2.75. The van der Waals surface area contributed by atoms with E-state index in [9.17, 15) is 9.59 Å². The van der Waals surface area contributed by atoms with Gasteiger partial charge in [0.1, 0.15) is 0 Å². The summed E-state index contributed by atoms with van der Waals surface area (Å²) in [6, 6.07) is -0.344. The van der Waals surface area contributed by atoms with Crippen LogP contribution in [0.2, 0.25) is 0 Å². The predicted molar refractivity (Wildman–Crippen MR) is 76.2 cm³/mol. The van der Waals surface area contributed by atoms with Gasteiger partial charge in [-0.25, -0.2) is 14.5 Å². The van der Waals surface area contributed by atoms with E-state index in [2.05, 4.69) is 12.2 Å². The minimum absolute atomic E-state index is 0.344. The summed E-state index contributed by atoms with van der Waals surface area (Å²) in [4.78, 5) is 24.9. The number of hydrogen-bond donors (Lipinski definition) is 1. The lowest BCUT2D eigenvalue weighted by molar-refractivity contribution is 0.108. The van der Waals surface area contributed by atoms with Crippen molar-refractivity contribution in [2.24, 2.45) is 0 Å². The number of carbonyl (C=O) groups excluding carboxylic acids is 2. The molecule has 0 saturated carbocycles. The van der Waals surface area contributed by atoms with Crippen LogP contribution >= 0.6 is 0 Å². The van der Waals surface area contributed by atoms with Gasteiger partial charge in [0.2, 0.25) is 0 Å². The number of nitrogens with one attached hydrogen (secondary N) is 1. The Hall–Kier alpha value is -1.26. The first-order valence-corrected chi connectivity index (χ1v) is 7.39. The van der Waals surface area contributed by atoms with Crippen molar-refractivity contribution in [2.45, 2.75) is 59.3 Å². The molecule has 0 spiro atoms. The largest absolute Gasteiger partial charge is 0.449 e. The van der Waals surface area contributed by atoms with Gasteiger partial charge < -0.3 is 10.1 Å². The molecule has 5 heteroatoms. The zero-order valence-corrected chi connectivity index (χ0v) is 12.5. The molecule has 3 amide bonds. The Morgan fingerprint density at radius 3 is 2.21 bits per heavy atom. The number of ether oxygens (including phenoxy) is 1. The van der Waals surface area contributed by atoms with Crippen molar-refractivity contribution in [3.63, 3.8) is 0 Å². The highest BCUT2D eigenvalue weighted by atomic mass is 16.6. The van der Waals surface area contributed by atoms with Gasteiger partial charge in [-0.05, 0) is 19.3 Å². The Morgan fingerprint density at radius 1 is 1.00 bits per heavy atom. The average molecular weight is 272 g/mol. The normalized spacial score (nSPS) is 10.1. The zero-order chi connectivity index (χ0) is 14.5. The number of unbranched alkanes of at least 4 members (excludes halogenated alkanes) is 3. The lowest BCUT2D eigenvalue weighted by Gasteiger charge is -2.20. The van der Waals surface area contributed by atoms with E-state index in [1.165, 1.54) is 4.90 Å². The number of imide groups is 1. The van der Waals surface area contributed by atoms with Crippen LogP contribution < -0.4 is 5.32 Å². The maximum Gasteiger partial charge on any atom is 0.417 e. The number of carbonyl (C=O) groups is 2. The maximum absolute atomic E-state index is 11.9. The Labute approximate surface area is 116 Å². The first-order valence-electron chi connectivity index (χ1n) is 7.39. The summed E-state index contributed by atoms with van der Waals surface area (Å²) >= 11 is 0. The fraction of sp³-hybridized carbons (Fsp3) is 0.857. The van der Waals surface area contributed by atoms with Crippen LogP contribution in [0.3, 0.4) is 0 Å². The van der Waals surface area contributed by atoms with Gasteiger partial charge in [-0.15, -0.1) is 0 Å². The molecular weight excluding hydrogens is 244 g/mol. The van der Waals surface area contributed by atoms with E-state index in [0.29, 0.717) is 19.7 Å². The van der Waals surface area contributed by atoms with E-state index in [4.69, 9.17) is 4.74 Å². The van der Waals surface area contributed by atoms with Crippen LogP contribution in [-0.2, 0) is 4.74 Å². The lowest BCUT2D eigenvalue weighted by atomic mass is 10.3. The number of urea groups is 1. The highest BCUT2D eigenvalue weighted by Crippen LogP contribution is 2.01. The highest BCUT2D eigenvalue weighted by Gasteiger charge is 2.21. The van der Waals surface area contributed by atoms with Gasteiger partial charge in [0.25, 0.3) is 0 Å². The summed E-state index contributed by atoms with van der Waals surface area (Å²) in [6.07, 6.45) is 4.91. The molecule has 0 saturated heterocycles. The van der Waals surface area contributed by atoms with Crippen molar-refractivity contribution in [3.05, 3.63) is 0 Å². The Kier molecular flexibility index (Phi) is 11.0. The number of rotatable bonds is 9. The highest BCUT2D eigenvalue weighted by molar-refractivity contribution is 5.90. The van der Waals surface area contributed by atoms with Crippen LogP contribution in [0.25, 0.3) is 0 Å². The molecule has 0 unspecified atom stereocenters. The van der Waals surface area contributed by atoms with Gasteiger partial charge >= 0.3 is 12.1 Å². The third-order valence-corrected chi connectivity index (χ3v) is 2.73. The van der Waals surface area contributed by atoms with Gasteiger partial charge in [0.05, 0.1) is 6.61 Å². The molecule has 19 heavy (non-hydrogen) atoms. The van der Waals surface area contributed by atoms with Crippen molar-refractivity contribution in [3.8, 4) is 0 Å². The van der Waals surface area contributed by atoms with Gasteiger partial charge in [-0.1, -0.05) is 40.0 Å². The first kappa shape index (κ1) is 17.7. The Balaban J connectivity index is 4.25. The number of nitrogens with zero attached hydrogens (tertiary/aromatic N) is 1.